The standard InChI is InChI=1S/C25H32N2O2/c1-25(2)13-10-21-16-20(8-9-23(21)29-25)17-24(28)26-22-11-14-27(15-12-22)18-19-6-4-3-5-7-19/h3-9,16,22H,10-15,17-18H2,1-2H3,(H,26,28). The van der Waals surface area contributed by atoms with Crippen molar-refractivity contribution in [2.75, 3.05) is 13.1 Å². The highest BCUT2D eigenvalue weighted by molar-refractivity contribution is 5.79. The third kappa shape index (κ3) is 5.39. The van der Waals surface area contributed by atoms with Crippen LogP contribution in [0, 0.1) is 0 Å². The number of benzene rings is 2. The fourth-order valence-corrected chi connectivity index (χ4v) is 4.36. The summed E-state index contributed by atoms with van der Waals surface area (Å²) in [5, 5.41) is 3.25. The number of carbonyl (C=O) groups is 1. The molecule has 1 saturated heterocycles. The lowest BCUT2D eigenvalue weighted by Crippen LogP contribution is -2.44. The van der Waals surface area contributed by atoms with Crippen LogP contribution >= 0.6 is 0 Å². The number of hydrogen-bond donors (Lipinski definition) is 1. The number of aryl methyl sites for hydroxylation is 1. The summed E-state index contributed by atoms with van der Waals surface area (Å²) in [7, 11) is 0. The molecule has 0 radical (unpaired) electrons. The first-order valence-corrected chi connectivity index (χ1v) is 10.8. The minimum atomic E-state index is -0.0960. The molecule has 4 nitrogen and oxygen atoms in total. The first-order valence-electron chi connectivity index (χ1n) is 10.8. The van der Waals surface area contributed by atoms with E-state index in [2.05, 4.69) is 60.5 Å². The summed E-state index contributed by atoms with van der Waals surface area (Å²) in [6, 6.07) is 17.1. The van der Waals surface area contributed by atoms with E-state index < -0.39 is 0 Å². The van der Waals surface area contributed by atoms with Crippen LogP contribution in [0.15, 0.2) is 48.5 Å². The fraction of sp³-hybridized carbons (Fsp3) is 0.480. The minimum absolute atomic E-state index is 0.0960. The lowest BCUT2D eigenvalue weighted by atomic mass is 9.93. The molecule has 2 aromatic carbocycles. The molecule has 2 aromatic rings. The molecule has 0 atom stereocenters. The fourth-order valence-electron chi connectivity index (χ4n) is 4.36. The van der Waals surface area contributed by atoms with Crippen molar-refractivity contribution in [2.24, 2.45) is 0 Å². The van der Waals surface area contributed by atoms with Crippen molar-refractivity contribution >= 4 is 5.91 Å². The molecule has 29 heavy (non-hydrogen) atoms. The van der Waals surface area contributed by atoms with E-state index in [1.165, 1.54) is 11.1 Å². The van der Waals surface area contributed by atoms with Crippen LogP contribution in [0.5, 0.6) is 5.75 Å². The molecule has 0 aromatic heterocycles. The molecule has 0 bridgehead atoms. The van der Waals surface area contributed by atoms with Gasteiger partial charge in [0.15, 0.2) is 0 Å². The van der Waals surface area contributed by atoms with Crippen LogP contribution in [0.1, 0.15) is 49.8 Å². The Bertz CT molecular complexity index is 839. The molecule has 0 spiro atoms. The van der Waals surface area contributed by atoms with E-state index in [-0.39, 0.29) is 17.6 Å². The molecule has 4 heteroatoms. The van der Waals surface area contributed by atoms with Crippen LogP contribution in [-0.2, 0) is 24.2 Å². The van der Waals surface area contributed by atoms with Crippen molar-refractivity contribution in [1.82, 2.24) is 10.2 Å². The van der Waals surface area contributed by atoms with Crippen LogP contribution in [0.4, 0.5) is 0 Å². The van der Waals surface area contributed by atoms with E-state index >= 15 is 0 Å². The first kappa shape index (κ1) is 20.0. The number of ether oxygens (including phenoxy) is 1. The molecule has 1 fully saturated rings. The number of rotatable bonds is 5. The highest BCUT2D eigenvalue weighted by Gasteiger charge is 2.27. The summed E-state index contributed by atoms with van der Waals surface area (Å²) in [5.41, 5.74) is 3.56. The van der Waals surface area contributed by atoms with Gasteiger partial charge in [-0.25, -0.2) is 0 Å². The van der Waals surface area contributed by atoms with Gasteiger partial charge in [0.25, 0.3) is 0 Å². The number of nitrogens with one attached hydrogen (secondary N) is 1. The smallest absolute Gasteiger partial charge is 0.224 e. The van der Waals surface area contributed by atoms with E-state index in [0.29, 0.717) is 6.42 Å². The Hall–Kier alpha value is -2.33. The topological polar surface area (TPSA) is 41.6 Å². The second-order valence-corrected chi connectivity index (χ2v) is 9.08. The average molecular weight is 393 g/mol. The molecule has 1 amide bonds. The number of likely N-dealkylation sites (tertiary alicyclic amines) is 1. The van der Waals surface area contributed by atoms with Gasteiger partial charge in [-0.3, -0.25) is 9.69 Å². The summed E-state index contributed by atoms with van der Waals surface area (Å²) >= 11 is 0. The normalized spacial score (nSPS) is 19.2. The molecule has 2 aliphatic heterocycles. The van der Waals surface area contributed by atoms with E-state index in [0.717, 1.165) is 56.6 Å². The lowest BCUT2D eigenvalue weighted by molar-refractivity contribution is -0.121. The third-order valence-electron chi connectivity index (χ3n) is 6.07. The quantitative estimate of drug-likeness (QED) is 0.832. The van der Waals surface area contributed by atoms with Gasteiger partial charge in [0.1, 0.15) is 11.4 Å². The number of amides is 1. The molecule has 1 N–H and O–H groups in total. The van der Waals surface area contributed by atoms with Gasteiger partial charge in [-0.1, -0.05) is 42.5 Å². The first-order chi connectivity index (χ1) is 14.0. The Labute approximate surface area is 174 Å². The Morgan fingerprint density at radius 3 is 2.62 bits per heavy atom. The minimum Gasteiger partial charge on any atom is -0.488 e. The highest BCUT2D eigenvalue weighted by Crippen LogP contribution is 2.33. The zero-order valence-electron chi connectivity index (χ0n) is 17.6. The van der Waals surface area contributed by atoms with Gasteiger partial charge in [0, 0.05) is 25.7 Å². The number of hydrogen-bond acceptors (Lipinski definition) is 3. The monoisotopic (exact) mass is 392 g/mol. The van der Waals surface area contributed by atoms with Crippen molar-refractivity contribution in [1.29, 1.82) is 0 Å². The van der Waals surface area contributed by atoms with Crippen LogP contribution in [0.25, 0.3) is 0 Å². The van der Waals surface area contributed by atoms with Crippen molar-refractivity contribution in [3.8, 4) is 5.75 Å². The molecular weight excluding hydrogens is 360 g/mol. The second-order valence-electron chi connectivity index (χ2n) is 9.08. The highest BCUT2D eigenvalue weighted by atomic mass is 16.5. The van der Waals surface area contributed by atoms with Crippen molar-refractivity contribution < 1.29 is 9.53 Å². The van der Waals surface area contributed by atoms with Crippen LogP contribution < -0.4 is 10.1 Å². The third-order valence-corrected chi connectivity index (χ3v) is 6.07. The predicted molar refractivity (Wildman–Crippen MR) is 116 cm³/mol. The van der Waals surface area contributed by atoms with Gasteiger partial charge >= 0.3 is 0 Å². The maximum Gasteiger partial charge on any atom is 0.224 e. The van der Waals surface area contributed by atoms with Crippen molar-refractivity contribution in [3.63, 3.8) is 0 Å². The van der Waals surface area contributed by atoms with Crippen LogP contribution in [-0.4, -0.2) is 35.5 Å². The van der Waals surface area contributed by atoms with Crippen LogP contribution in [0.3, 0.4) is 0 Å². The molecule has 0 aliphatic carbocycles. The largest absolute Gasteiger partial charge is 0.488 e. The zero-order chi connectivity index (χ0) is 20.3. The van der Waals surface area contributed by atoms with Gasteiger partial charge in [0.05, 0.1) is 6.42 Å². The summed E-state index contributed by atoms with van der Waals surface area (Å²) in [6.45, 7) is 7.32. The van der Waals surface area contributed by atoms with Crippen LogP contribution in [0.2, 0.25) is 0 Å². The number of nitrogens with zero attached hydrogens (tertiary/aromatic N) is 1. The summed E-state index contributed by atoms with van der Waals surface area (Å²) in [4.78, 5) is 15.0. The molecular formula is C25H32N2O2. The van der Waals surface area contributed by atoms with E-state index in [9.17, 15) is 4.79 Å². The maximum absolute atomic E-state index is 12.6. The summed E-state index contributed by atoms with van der Waals surface area (Å²) in [6.07, 6.45) is 4.51. The summed E-state index contributed by atoms with van der Waals surface area (Å²) in [5.74, 6) is 1.10. The van der Waals surface area contributed by atoms with Gasteiger partial charge in [-0.2, -0.15) is 0 Å². The molecule has 154 valence electrons. The Kier molecular flexibility index (Phi) is 5.91. The van der Waals surface area contributed by atoms with E-state index in [4.69, 9.17) is 4.74 Å². The second kappa shape index (κ2) is 8.58. The van der Waals surface area contributed by atoms with E-state index in [1.54, 1.807) is 0 Å². The molecule has 0 saturated carbocycles. The predicted octanol–water partition coefficient (Wildman–Crippen LogP) is 4.11. The van der Waals surface area contributed by atoms with Gasteiger partial charge in [-0.15, -0.1) is 0 Å². The number of carbonyl (C=O) groups excluding carboxylic acids is 1. The zero-order valence-corrected chi connectivity index (χ0v) is 17.6. The lowest BCUT2D eigenvalue weighted by Gasteiger charge is -2.33. The van der Waals surface area contributed by atoms with Gasteiger partial charge in [0.2, 0.25) is 5.91 Å². The molecule has 4 rings (SSSR count). The average Bonchev–Trinajstić information content (AvgIpc) is 2.70. The Balaban J connectivity index is 1.24. The van der Waals surface area contributed by atoms with Crippen molar-refractivity contribution in [3.05, 3.63) is 65.2 Å². The van der Waals surface area contributed by atoms with Crippen molar-refractivity contribution in [2.45, 2.75) is 64.1 Å². The SMILES string of the molecule is CC1(C)CCc2cc(CC(=O)NC3CCN(Cc4ccccc4)CC3)ccc2O1. The van der Waals surface area contributed by atoms with Gasteiger partial charge < -0.3 is 10.1 Å². The summed E-state index contributed by atoms with van der Waals surface area (Å²) < 4.78 is 6.05. The number of piperidine rings is 1. The number of fused-ring (bicyclic) bond motifs is 1. The van der Waals surface area contributed by atoms with E-state index in [1.807, 2.05) is 12.1 Å². The molecule has 2 aliphatic rings. The molecule has 2 heterocycles. The molecule has 0 unspecified atom stereocenters. The Morgan fingerprint density at radius 1 is 1.10 bits per heavy atom. The van der Waals surface area contributed by atoms with Gasteiger partial charge in [-0.05, 0) is 62.3 Å². The Morgan fingerprint density at radius 2 is 1.86 bits per heavy atom. The maximum atomic E-state index is 12.6.